The highest BCUT2D eigenvalue weighted by Crippen LogP contribution is 2.41. The lowest BCUT2D eigenvalue weighted by Crippen LogP contribution is -2.29. The molecular formula is C26H23FN2O4. The number of carbonyl (C=O) groups is 2. The van der Waals surface area contributed by atoms with E-state index in [0.717, 1.165) is 6.42 Å². The molecule has 1 atom stereocenters. The molecule has 1 amide bonds. The quantitative estimate of drug-likeness (QED) is 0.325. The number of benzene rings is 2. The number of aliphatic hydroxyl groups excluding tert-OH is 1. The fraction of sp³-hybridized carbons (Fsp3) is 0.192. The van der Waals surface area contributed by atoms with Gasteiger partial charge in [0.05, 0.1) is 18.2 Å². The van der Waals surface area contributed by atoms with Crippen LogP contribution in [0.15, 0.2) is 78.6 Å². The summed E-state index contributed by atoms with van der Waals surface area (Å²) < 4.78 is 20.5. The van der Waals surface area contributed by atoms with E-state index in [1.54, 1.807) is 54.9 Å². The average Bonchev–Trinajstić information content (AvgIpc) is 3.08. The third kappa shape index (κ3) is 4.48. The molecule has 1 aliphatic rings. The average molecular weight is 446 g/mol. The number of hydrogen-bond acceptors (Lipinski definition) is 5. The second-order valence-corrected chi connectivity index (χ2v) is 7.69. The number of Topliss-reactive ketones (excluding diaryl/α,β-unsaturated/α-hetero) is 1. The number of carbonyl (C=O) groups excluding carboxylic acids is 2. The minimum absolute atomic E-state index is 0.0356. The van der Waals surface area contributed by atoms with E-state index in [9.17, 15) is 19.1 Å². The van der Waals surface area contributed by atoms with E-state index in [2.05, 4.69) is 4.98 Å². The van der Waals surface area contributed by atoms with E-state index in [-0.39, 0.29) is 23.4 Å². The van der Waals surface area contributed by atoms with Gasteiger partial charge in [-0.3, -0.25) is 14.6 Å². The molecule has 0 spiro atoms. The SMILES string of the molecule is CCCOc1cccc(C(O)=C2C(=O)C(=O)N(Cc3cccnc3)C2c2ccccc2F)c1. The zero-order chi connectivity index (χ0) is 23.4. The fourth-order valence-corrected chi connectivity index (χ4v) is 3.86. The van der Waals surface area contributed by atoms with Crippen molar-refractivity contribution >= 4 is 17.4 Å². The summed E-state index contributed by atoms with van der Waals surface area (Å²) in [5.74, 6) is -2.12. The normalized spacial score (nSPS) is 17.4. The third-order valence-electron chi connectivity index (χ3n) is 5.40. The van der Waals surface area contributed by atoms with Crippen LogP contribution in [0, 0.1) is 5.82 Å². The first-order valence-corrected chi connectivity index (χ1v) is 10.7. The van der Waals surface area contributed by atoms with Crippen molar-refractivity contribution < 1.29 is 23.8 Å². The molecule has 1 aliphatic heterocycles. The summed E-state index contributed by atoms with van der Waals surface area (Å²) in [6.07, 6.45) is 3.98. The smallest absolute Gasteiger partial charge is 0.295 e. The van der Waals surface area contributed by atoms with Crippen LogP contribution in [-0.2, 0) is 16.1 Å². The Morgan fingerprint density at radius 2 is 1.94 bits per heavy atom. The molecule has 168 valence electrons. The summed E-state index contributed by atoms with van der Waals surface area (Å²) in [6.45, 7) is 2.50. The number of rotatable bonds is 7. The monoisotopic (exact) mass is 446 g/mol. The summed E-state index contributed by atoms with van der Waals surface area (Å²) in [4.78, 5) is 31.4. The molecule has 1 unspecified atom stereocenters. The van der Waals surface area contributed by atoms with Gasteiger partial charge in [-0.25, -0.2) is 4.39 Å². The lowest BCUT2D eigenvalue weighted by Gasteiger charge is -2.25. The molecule has 6 nitrogen and oxygen atoms in total. The Balaban J connectivity index is 1.84. The van der Waals surface area contributed by atoms with Crippen molar-refractivity contribution in [2.45, 2.75) is 25.9 Å². The molecule has 3 aromatic rings. The highest BCUT2D eigenvalue weighted by atomic mass is 19.1. The zero-order valence-electron chi connectivity index (χ0n) is 18.1. The molecule has 0 aliphatic carbocycles. The topological polar surface area (TPSA) is 79.7 Å². The largest absolute Gasteiger partial charge is 0.507 e. The molecule has 7 heteroatoms. The number of pyridine rings is 1. The van der Waals surface area contributed by atoms with Crippen molar-refractivity contribution in [2.75, 3.05) is 6.61 Å². The van der Waals surface area contributed by atoms with Crippen LogP contribution in [0.4, 0.5) is 4.39 Å². The molecule has 0 bridgehead atoms. The van der Waals surface area contributed by atoms with Crippen LogP contribution in [0.1, 0.15) is 36.1 Å². The number of nitrogens with zero attached hydrogens (tertiary/aromatic N) is 2. The van der Waals surface area contributed by atoms with Crippen molar-refractivity contribution in [3.8, 4) is 5.75 Å². The van der Waals surface area contributed by atoms with Gasteiger partial charge >= 0.3 is 0 Å². The molecule has 1 aromatic heterocycles. The van der Waals surface area contributed by atoms with Crippen molar-refractivity contribution in [1.82, 2.24) is 9.88 Å². The number of likely N-dealkylation sites (tertiary alicyclic amines) is 1. The Morgan fingerprint density at radius 3 is 2.67 bits per heavy atom. The Kier molecular flexibility index (Phi) is 6.49. The number of amides is 1. The molecule has 0 saturated carbocycles. The van der Waals surface area contributed by atoms with Gasteiger partial charge < -0.3 is 14.7 Å². The van der Waals surface area contributed by atoms with Gasteiger partial charge in [0.25, 0.3) is 11.7 Å². The summed E-state index contributed by atoms with van der Waals surface area (Å²) in [5.41, 5.74) is 0.946. The standard InChI is InChI=1S/C26H23FN2O4/c1-2-13-33-19-9-5-8-18(14-19)24(30)22-23(20-10-3-4-11-21(20)27)29(26(32)25(22)31)16-17-7-6-12-28-15-17/h3-12,14-15,23,30H,2,13,16H2,1H3. The van der Waals surface area contributed by atoms with E-state index in [4.69, 9.17) is 4.74 Å². The lowest BCUT2D eigenvalue weighted by molar-refractivity contribution is -0.140. The predicted molar refractivity (Wildman–Crippen MR) is 121 cm³/mol. The molecule has 1 saturated heterocycles. The van der Waals surface area contributed by atoms with Gasteiger partial charge in [-0.05, 0) is 36.2 Å². The van der Waals surface area contributed by atoms with Crippen molar-refractivity contribution in [2.24, 2.45) is 0 Å². The highest BCUT2D eigenvalue weighted by molar-refractivity contribution is 6.46. The van der Waals surface area contributed by atoms with E-state index < -0.39 is 23.5 Å². The van der Waals surface area contributed by atoms with Gasteiger partial charge in [-0.1, -0.05) is 43.3 Å². The van der Waals surface area contributed by atoms with Gasteiger partial charge in [-0.2, -0.15) is 0 Å². The maximum Gasteiger partial charge on any atom is 0.295 e. The van der Waals surface area contributed by atoms with Gasteiger partial charge in [0.15, 0.2) is 0 Å². The maximum atomic E-state index is 14.9. The van der Waals surface area contributed by atoms with Crippen LogP contribution in [0.5, 0.6) is 5.75 Å². The number of aliphatic hydroxyl groups is 1. The number of aromatic nitrogens is 1. The number of ketones is 1. The van der Waals surface area contributed by atoms with Crippen molar-refractivity contribution in [3.05, 3.63) is 101 Å². The van der Waals surface area contributed by atoms with Gasteiger partial charge in [0, 0.05) is 30.1 Å². The summed E-state index contributed by atoms with van der Waals surface area (Å²) >= 11 is 0. The minimum Gasteiger partial charge on any atom is -0.507 e. The first-order valence-electron chi connectivity index (χ1n) is 10.7. The highest BCUT2D eigenvalue weighted by Gasteiger charge is 2.47. The molecule has 2 aromatic carbocycles. The lowest BCUT2D eigenvalue weighted by atomic mass is 9.94. The van der Waals surface area contributed by atoms with E-state index in [1.165, 1.54) is 23.1 Å². The molecule has 2 heterocycles. The van der Waals surface area contributed by atoms with Crippen LogP contribution in [0.2, 0.25) is 0 Å². The van der Waals surface area contributed by atoms with Gasteiger partial charge in [0.1, 0.15) is 17.3 Å². The zero-order valence-corrected chi connectivity index (χ0v) is 18.1. The van der Waals surface area contributed by atoms with E-state index >= 15 is 0 Å². The summed E-state index contributed by atoms with van der Waals surface area (Å²) in [7, 11) is 0. The summed E-state index contributed by atoms with van der Waals surface area (Å²) in [5, 5.41) is 11.2. The molecular weight excluding hydrogens is 423 g/mol. The van der Waals surface area contributed by atoms with Crippen LogP contribution in [0.25, 0.3) is 5.76 Å². The Hall–Kier alpha value is -4.00. The van der Waals surface area contributed by atoms with Crippen LogP contribution in [-0.4, -0.2) is 33.3 Å². The first kappa shape index (κ1) is 22.2. The van der Waals surface area contributed by atoms with Gasteiger partial charge in [0.2, 0.25) is 0 Å². The maximum absolute atomic E-state index is 14.9. The molecule has 33 heavy (non-hydrogen) atoms. The fourth-order valence-electron chi connectivity index (χ4n) is 3.86. The van der Waals surface area contributed by atoms with E-state index in [0.29, 0.717) is 23.5 Å². The third-order valence-corrected chi connectivity index (χ3v) is 5.40. The second kappa shape index (κ2) is 9.65. The Bertz CT molecular complexity index is 1210. The van der Waals surface area contributed by atoms with Crippen LogP contribution < -0.4 is 4.74 Å². The van der Waals surface area contributed by atoms with Crippen molar-refractivity contribution in [1.29, 1.82) is 0 Å². The molecule has 0 radical (unpaired) electrons. The van der Waals surface area contributed by atoms with E-state index in [1.807, 2.05) is 6.92 Å². The molecule has 1 fully saturated rings. The first-order chi connectivity index (χ1) is 16.0. The van der Waals surface area contributed by atoms with Gasteiger partial charge in [-0.15, -0.1) is 0 Å². The number of ether oxygens (including phenoxy) is 1. The molecule has 4 rings (SSSR count). The van der Waals surface area contributed by atoms with Crippen molar-refractivity contribution in [3.63, 3.8) is 0 Å². The second-order valence-electron chi connectivity index (χ2n) is 7.69. The Labute approximate surface area is 191 Å². The number of hydrogen-bond donors (Lipinski definition) is 1. The minimum atomic E-state index is -1.09. The van der Waals surface area contributed by atoms with Crippen LogP contribution in [0.3, 0.4) is 0 Å². The summed E-state index contributed by atoms with van der Waals surface area (Å²) in [6, 6.07) is 14.9. The number of halogens is 1. The Morgan fingerprint density at radius 1 is 1.12 bits per heavy atom. The van der Waals surface area contributed by atoms with Crippen LogP contribution >= 0.6 is 0 Å². The predicted octanol–water partition coefficient (Wildman–Crippen LogP) is 4.63. The molecule has 1 N–H and O–H groups in total.